The number of hydrogen-bond acceptors (Lipinski definition) is 4. The third-order valence-electron chi connectivity index (χ3n) is 4.79. The Morgan fingerprint density at radius 3 is 2.54 bits per heavy atom. The normalized spacial score (nSPS) is 15.6. The van der Waals surface area contributed by atoms with Crippen LogP contribution < -0.4 is 15.6 Å². The van der Waals surface area contributed by atoms with Crippen LogP contribution in [0.2, 0.25) is 0 Å². The molecule has 0 spiro atoms. The van der Waals surface area contributed by atoms with E-state index >= 15 is 0 Å². The summed E-state index contributed by atoms with van der Waals surface area (Å²) in [5.41, 5.74) is 0.985. The van der Waals surface area contributed by atoms with Crippen molar-refractivity contribution < 1.29 is 9.53 Å². The lowest BCUT2D eigenvalue weighted by Gasteiger charge is -2.28. The molecular formula is C20H25N3O3. The number of ether oxygens (including phenoxy) is 1. The van der Waals surface area contributed by atoms with Crippen LogP contribution in [-0.4, -0.2) is 42.1 Å². The molecule has 6 nitrogen and oxygen atoms in total. The lowest BCUT2D eigenvalue weighted by atomic mass is 10.1. The SMILES string of the molecule is COc1ccc(C(CNC(=O)Cn2ccccc2=O)N2CCCC2)cc1. The number of carbonyl (C=O) groups excluding carboxylic acids is 1. The zero-order valence-corrected chi connectivity index (χ0v) is 15.1. The molecule has 2 heterocycles. The van der Waals surface area contributed by atoms with Crippen molar-refractivity contribution in [2.45, 2.75) is 25.4 Å². The molecule has 0 bridgehead atoms. The van der Waals surface area contributed by atoms with E-state index < -0.39 is 0 Å². The Kier molecular flexibility index (Phi) is 6.07. The van der Waals surface area contributed by atoms with Gasteiger partial charge >= 0.3 is 0 Å². The first-order chi connectivity index (χ1) is 12.7. The number of hydrogen-bond donors (Lipinski definition) is 1. The van der Waals surface area contributed by atoms with Gasteiger partial charge in [-0.25, -0.2) is 0 Å². The number of nitrogens with one attached hydrogen (secondary N) is 1. The van der Waals surface area contributed by atoms with Crippen molar-refractivity contribution in [3.8, 4) is 5.75 Å². The summed E-state index contributed by atoms with van der Waals surface area (Å²) < 4.78 is 6.64. The van der Waals surface area contributed by atoms with Crippen LogP contribution in [0.4, 0.5) is 0 Å². The molecular weight excluding hydrogens is 330 g/mol. The largest absolute Gasteiger partial charge is 0.497 e. The summed E-state index contributed by atoms with van der Waals surface area (Å²) in [6, 6.07) is 13.0. The van der Waals surface area contributed by atoms with E-state index in [9.17, 15) is 9.59 Å². The number of rotatable bonds is 7. The number of benzene rings is 1. The molecule has 1 aliphatic heterocycles. The molecule has 1 unspecified atom stereocenters. The smallest absolute Gasteiger partial charge is 0.250 e. The highest BCUT2D eigenvalue weighted by Crippen LogP contribution is 2.26. The number of pyridine rings is 1. The highest BCUT2D eigenvalue weighted by atomic mass is 16.5. The van der Waals surface area contributed by atoms with Crippen LogP contribution in [0.1, 0.15) is 24.4 Å². The van der Waals surface area contributed by atoms with Gasteiger partial charge in [-0.15, -0.1) is 0 Å². The van der Waals surface area contributed by atoms with Gasteiger partial charge < -0.3 is 14.6 Å². The number of amides is 1. The minimum absolute atomic E-state index is 0.0367. The van der Waals surface area contributed by atoms with Gasteiger partial charge in [-0.05, 0) is 49.7 Å². The fourth-order valence-corrected chi connectivity index (χ4v) is 3.35. The molecule has 1 N–H and O–H groups in total. The van der Waals surface area contributed by atoms with Crippen molar-refractivity contribution in [1.29, 1.82) is 0 Å². The molecule has 0 radical (unpaired) electrons. The lowest BCUT2D eigenvalue weighted by Crippen LogP contribution is -2.39. The lowest BCUT2D eigenvalue weighted by molar-refractivity contribution is -0.122. The van der Waals surface area contributed by atoms with Crippen LogP contribution in [0.3, 0.4) is 0 Å². The summed E-state index contributed by atoms with van der Waals surface area (Å²) in [4.78, 5) is 26.5. The summed E-state index contributed by atoms with van der Waals surface area (Å²) in [6.45, 7) is 2.62. The number of nitrogens with zero attached hydrogens (tertiary/aromatic N) is 2. The molecule has 0 aliphatic carbocycles. The van der Waals surface area contributed by atoms with E-state index in [0.29, 0.717) is 6.54 Å². The molecule has 0 saturated carbocycles. The van der Waals surface area contributed by atoms with Crippen molar-refractivity contribution >= 4 is 5.91 Å². The third-order valence-corrected chi connectivity index (χ3v) is 4.79. The maximum Gasteiger partial charge on any atom is 0.250 e. The van der Waals surface area contributed by atoms with Crippen molar-refractivity contribution in [2.24, 2.45) is 0 Å². The first-order valence-corrected chi connectivity index (χ1v) is 8.97. The highest BCUT2D eigenvalue weighted by Gasteiger charge is 2.24. The quantitative estimate of drug-likeness (QED) is 0.823. The van der Waals surface area contributed by atoms with Crippen molar-refractivity contribution in [2.75, 3.05) is 26.7 Å². The van der Waals surface area contributed by atoms with Gasteiger partial charge in [0.15, 0.2) is 0 Å². The summed E-state index contributed by atoms with van der Waals surface area (Å²) in [7, 11) is 1.65. The van der Waals surface area contributed by atoms with Crippen molar-refractivity contribution in [1.82, 2.24) is 14.8 Å². The van der Waals surface area contributed by atoms with E-state index in [1.54, 1.807) is 25.4 Å². The number of methoxy groups -OCH3 is 1. The molecule has 1 fully saturated rings. The van der Waals surface area contributed by atoms with Crippen LogP contribution in [0, 0.1) is 0 Å². The fraction of sp³-hybridized carbons (Fsp3) is 0.400. The monoisotopic (exact) mass is 355 g/mol. The Morgan fingerprint density at radius 1 is 1.15 bits per heavy atom. The Labute approximate surface area is 153 Å². The van der Waals surface area contributed by atoms with Gasteiger partial charge in [-0.1, -0.05) is 18.2 Å². The zero-order chi connectivity index (χ0) is 18.4. The fourth-order valence-electron chi connectivity index (χ4n) is 3.35. The Balaban J connectivity index is 1.66. The first-order valence-electron chi connectivity index (χ1n) is 8.97. The topological polar surface area (TPSA) is 63.6 Å². The van der Waals surface area contributed by atoms with Crippen LogP contribution in [-0.2, 0) is 11.3 Å². The number of likely N-dealkylation sites (tertiary alicyclic amines) is 1. The second-order valence-corrected chi connectivity index (χ2v) is 6.50. The maximum atomic E-state index is 12.3. The molecule has 1 aromatic carbocycles. The second-order valence-electron chi connectivity index (χ2n) is 6.50. The zero-order valence-electron chi connectivity index (χ0n) is 15.1. The van der Waals surface area contributed by atoms with E-state index in [-0.39, 0.29) is 24.1 Å². The minimum Gasteiger partial charge on any atom is -0.497 e. The Hall–Kier alpha value is -2.60. The second kappa shape index (κ2) is 8.67. The van der Waals surface area contributed by atoms with E-state index in [0.717, 1.165) is 24.4 Å². The maximum absolute atomic E-state index is 12.3. The van der Waals surface area contributed by atoms with Crippen LogP contribution >= 0.6 is 0 Å². The van der Waals surface area contributed by atoms with Gasteiger partial charge in [0, 0.05) is 18.8 Å². The first kappa shape index (κ1) is 18.2. The average Bonchev–Trinajstić information content (AvgIpc) is 3.19. The van der Waals surface area contributed by atoms with E-state index in [1.807, 2.05) is 12.1 Å². The Bertz CT molecular complexity index is 779. The van der Waals surface area contributed by atoms with Crippen LogP contribution in [0.5, 0.6) is 5.75 Å². The van der Waals surface area contributed by atoms with E-state index in [2.05, 4.69) is 22.3 Å². The molecule has 26 heavy (non-hydrogen) atoms. The van der Waals surface area contributed by atoms with Gasteiger partial charge in [0.05, 0.1) is 13.2 Å². The molecule has 1 saturated heterocycles. The molecule has 1 atom stereocenters. The van der Waals surface area contributed by atoms with Crippen LogP contribution in [0.15, 0.2) is 53.5 Å². The number of carbonyl (C=O) groups is 1. The predicted molar refractivity (Wildman–Crippen MR) is 100 cm³/mol. The van der Waals surface area contributed by atoms with E-state index in [4.69, 9.17) is 4.74 Å². The number of aromatic nitrogens is 1. The Morgan fingerprint density at radius 2 is 1.88 bits per heavy atom. The summed E-state index contributed by atoms with van der Waals surface area (Å²) in [5.74, 6) is 0.664. The summed E-state index contributed by atoms with van der Waals surface area (Å²) >= 11 is 0. The van der Waals surface area contributed by atoms with Crippen molar-refractivity contribution in [3.63, 3.8) is 0 Å². The van der Waals surface area contributed by atoms with Gasteiger partial charge in [0.25, 0.3) is 5.56 Å². The minimum atomic E-state index is -0.172. The van der Waals surface area contributed by atoms with Gasteiger partial charge in [0.1, 0.15) is 12.3 Å². The predicted octanol–water partition coefficient (Wildman–Crippen LogP) is 1.81. The van der Waals surface area contributed by atoms with Gasteiger partial charge in [-0.2, -0.15) is 0 Å². The molecule has 1 aromatic heterocycles. The summed E-state index contributed by atoms with van der Waals surface area (Å²) in [6.07, 6.45) is 3.99. The van der Waals surface area contributed by atoms with Gasteiger partial charge in [-0.3, -0.25) is 14.5 Å². The van der Waals surface area contributed by atoms with E-state index in [1.165, 1.54) is 23.5 Å². The molecule has 3 rings (SSSR count). The molecule has 138 valence electrons. The third kappa shape index (κ3) is 4.52. The molecule has 6 heteroatoms. The van der Waals surface area contributed by atoms with Gasteiger partial charge in [0.2, 0.25) is 5.91 Å². The molecule has 1 amide bonds. The van der Waals surface area contributed by atoms with Crippen LogP contribution in [0.25, 0.3) is 0 Å². The summed E-state index contributed by atoms with van der Waals surface area (Å²) in [5, 5.41) is 2.99. The standard InChI is InChI=1S/C20H25N3O3/c1-26-17-9-7-16(8-10-17)18(22-11-4-5-12-22)14-21-19(24)15-23-13-3-2-6-20(23)25/h2-3,6-10,13,18H,4-5,11-12,14-15H2,1H3,(H,21,24). The highest BCUT2D eigenvalue weighted by molar-refractivity contribution is 5.75. The molecule has 2 aromatic rings. The molecule has 1 aliphatic rings. The average molecular weight is 355 g/mol. The van der Waals surface area contributed by atoms with Crippen molar-refractivity contribution in [3.05, 3.63) is 64.6 Å².